The zero-order valence-corrected chi connectivity index (χ0v) is 13.1. The number of ether oxygens (including phenoxy) is 2. The van der Waals surface area contributed by atoms with Gasteiger partial charge >= 0.3 is 5.97 Å². The Kier molecular flexibility index (Phi) is 5.53. The molecule has 1 aliphatic heterocycles. The molecule has 0 aromatic carbocycles. The number of hydrogen-bond acceptors (Lipinski definition) is 5. The highest BCUT2D eigenvalue weighted by Crippen LogP contribution is 2.24. The molecule has 1 unspecified atom stereocenters. The number of esters is 1. The van der Waals surface area contributed by atoms with Crippen molar-refractivity contribution in [1.29, 1.82) is 0 Å². The van der Waals surface area contributed by atoms with Gasteiger partial charge in [0.15, 0.2) is 0 Å². The van der Waals surface area contributed by atoms with Crippen LogP contribution in [0.15, 0.2) is 0 Å². The minimum atomic E-state index is -0.636. The monoisotopic (exact) mass is 286 g/mol. The fraction of sp³-hybridized carbons (Fsp3) is 0.857. The number of hydrogen-bond donors (Lipinski definition) is 2. The summed E-state index contributed by atoms with van der Waals surface area (Å²) in [4.78, 5) is 23.8. The van der Waals surface area contributed by atoms with Gasteiger partial charge in [-0.1, -0.05) is 34.6 Å². The molecule has 0 aromatic rings. The molecular weight excluding hydrogens is 260 g/mol. The summed E-state index contributed by atoms with van der Waals surface area (Å²) >= 11 is 0. The third-order valence-corrected chi connectivity index (χ3v) is 3.30. The second-order valence-corrected chi connectivity index (χ2v) is 6.55. The van der Waals surface area contributed by atoms with Crippen LogP contribution in [0.3, 0.4) is 0 Å². The summed E-state index contributed by atoms with van der Waals surface area (Å²) in [6.45, 7) is 10.1. The van der Waals surface area contributed by atoms with Crippen LogP contribution in [0, 0.1) is 11.3 Å². The van der Waals surface area contributed by atoms with Gasteiger partial charge in [0.25, 0.3) is 0 Å². The van der Waals surface area contributed by atoms with Crippen LogP contribution in [0.1, 0.15) is 34.6 Å². The largest absolute Gasteiger partial charge is 0.467 e. The highest BCUT2D eigenvalue weighted by molar-refractivity contribution is 5.87. The van der Waals surface area contributed by atoms with E-state index in [0.29, 0.717) is 6.61 Å². The number of carbonyl (C=O) groups is 2. The molecular formula is C14H26N2O4. The summed E-state index contributed by atoms with van der Waals surface area (Å²) in [6, 6.07) is -1.08. The summed E-state index contributed by atoms with van der Waals surface area (Å²) < 4.78 is 10.3. The van der Waals surface area contributed by atoms with Crippen molar-refractivity contribution in [3.8, 4) is 0 Å². The maximum Gasteiger partial charge on any atom is 0.328 e. The third-order valence-electron chi connectivity index (χ3n) is 3.30. The Morgan fingerprint density at radius 1 is 1.35 bits per heavy atom. The van der Waals surface area contributed by atoms with Crippen LogP contribution in [0.5, 0.6) is 0 Å². The Morgan fingerprint density at radius 2 is 1.95 bits per heavy atom. The predicted molar refractivity (Wildman–Crippen MR) is 74.9 cm³/mol. The summed E-state index contributed by atoms with van der Waals surface area (Å²) in [7, 11) is 1.32. The molecule has 1 aliphatic rings. The van der Waals surface area contributed by atoms with Gasteiger partial charge in [0.1, 0.15) is 18.3 Å². The van der Waals surface area contributed by atoms with Crippen LogP contribution in [0.2, 0.25) is 0 Å². The van der Waals surface area contributed by atoms with Gasteiger partial charge in [0.2, 0.25) is 5.91 Å². The molecule has 0 aromatic heterocycles. The summed E-state index contributed by atoms with van der Waals surface area (Å²) in [6.07, 6.45) is -0.172. The molecule has 0 saturated carbocycles. The highest BCUT2D eigenvalue weighted by Gasteiger charge is 2.38. The maximum absolute atomic E-state index is 12.2. The molecule has 20 heavy (non-hydrogen) atoms. The van der Waals surface area contributed by atoms with Crippen LogP contribution in [0.4, 0.5) is 0 Å². The van der Waals surface area contributed by atoms with Crippen molar-refractivity contribution < 1.29 is 19.1 Å². The van der Waals surface area contributed by atoms with Gasteiger partial charge in [-0.05, 0) is 5.92 Å². The van der Waals surface area contributed by atoms with E-state index in [1.807, 2.05) is 34.6 Å². The van der Waals surface area contributed by atoms with Crippen molar-refractivity contribution in [3.63, 3.8) is 0 Å². The average Bonchev–Trinajstić information content (AvgIpc) is 2.83. The zero-order valence-electron chi connectivity index (χ0n) is 13.1. The lowest BCUT2D eigenvalue weighted by Crippen LogP contribution is -2.53. The molecule has 6 nitrogen and oxygen atoms in total. The second kappa shape index (κ2) is 6.54. The van der Waals surface area contributed by atoms with Gasteiger partial charge < -0.3 is 14.8 Å². The molecule has 3 atom stereocenters. The normalized spacial score (nSPS) is 24.6. The smallest absolute Gasteiger partial charge is 0.328 e. The van der Waals surface area contributed by atoms with Gasteiger partial charge in [-0.25, -0.2) is 4.79 Å². The van der Waals surface area contributed by atoms with E-state index in [2.05, 4.69) is 10.6 Å². The molecule has 0 spiro atoms. The molecule has 116 valence electrons. The molecule has 0 bridgehead atoms. The molecule has 1 fully saturated rings. The molecule has 1 rings (SSSR count). The summed E-state index contributed by atoms with van der Waals surface area (Å²) in [5.74, 6) is -0.701. The predicted octanol–water partition coefficient (Wildman–Crippen LogP) is 0.661. The Morgan fingerprint density at radius 3 is 2.35 bits per heavy atom. The van der Waals surface area contributed by atoms with Crippen LogP contribution in [-0.2, 0) is 19.1 Å². The number of nitrogens with one attached hydrogen (secondary N) is 2. The van der Waals surface area contributed by atoms with Crippen LogP contribution in [0.25, 0.3) is 0 Å². The molecule has 0 radical (unpaired) electrons. The number of amides is 1. The van der Waals surface area contributed by atoms with Crippen molar-refractivity contribution in [2.75, 3.05) is 13.7 Å². The van der Waals surface area contributed by atoms with Crippen LogP contribution in [-0.4, -0.2) is 43.9 Å². The molecule has 2 N–H and O–H groups in total. The lowest BCUT2D eigenvalue weighted by molar-refractivity contribution is -0.146. The maximum atomic E-state index is 12.2. The summed E-state index contributed by atoms with van der Waals surface area (Å²) in [5.41, 5.74) is -0.0885. The molecule has 1 amide bonds. The van der Waals surface area contributed by atoms with Crippen molar-refractivity contribution in [2.45, 2.75) is 52.9 Å². The first-order valence-corrected chi connectivity index (χ1v) is 6.92. The molecule has 0 aliphatic carbocycles. The van der Waals surface area contributed by atoms with Crippen molar-refractivity contribution in [1.82, 2.24) is 10.6 Å². The van der Waals surface area contributed by atoms with E-state index in [1.54, 1.807) is 0 Å². The van der Waals surface area contributed by atoms with E-state index < -0.39 is 18.1 Å². The van der Waals surface area contributed by atoms with Gasteiger partial charge in [0, 0.05) is 5.41 Å². The first-order chi connectivity index (χ1) is 9.16. The first-order valence-electron chi connectivity index (χ1n) is 6.92. The van der Waals surface area contributed by atoms with E-state index in [-0.39, 0.29) is 23.5 Å². The van der Waals surface area contributed by atoms with Crippen molar-refractivity contribution in [3.05, 3.63) is 0 Å². The van der Waals surface area contributed by atoms with Gasteiger partial charge in [-0.15, -0.1) is 0 Å². The first kappa shape index (κ1) is 16.9. The van der Waals surface area contributed by atoms with E-state index in [0.717, 1.165) is 0 Å². The Hall–Kier alpha value is -1.14. The third kappa shape index (κ3) is 4.18. The Bertz CT molecular complexity index is 363. The lowest BCUT2D eigenvalue weighted by Gasteiger charge is -2.26. The minimum Gasteiger partial charge on any atom is -0.467 e. The molecule has 1 heterocycles. The van der Waals surface area contributed by atoms with E-state index >= 15 is 0 Å². The van der Waals surface area contributed by atoms with Gasteiger partial charge in [-0.3, -0.25) is 10.1 Å². The van der Waals surface area contributed by atoms with Crippen molar-refractivity contribution >= 4 is 11.9 Å². The fourth-order valence-electron chi connectivity index (χ4n) is 2.00. The Labute approximate surface area is 120 Å². The Balaban J connectivity index is 2.61. The average molecular weight is 286 g/mol. The lowest BCUT2D eigenvalue weighted by atomic mass is 9.94. The summed E-state index contributed by atoms with van der Waals surface area (Å²) in [5, 5.41) is 5.87. The molecule has 1 saturated heterocycles. The van der Waals surface area contributed by atoms with Crippen LogP contribution < -0.4 is 10.6 Å². The number of methoxy groups -OCH3 is 1. The zero-order chi connectivity index (χ0) is 15.5. The molecule has 6 heteroatoms. The van der Waals surface area contributed by atoms with E-state index in [1.165, 1.54) is 7.11 Å². The second-order valence-electron chi connectivity index (χ2n) is 6.55. The fourth-order valence-corrected chi connectivity index (χ4v) is 2.00. The highest BCUT2D eigenvalue weighted by atomic mass is 16.5. The quantitative estimate of drug-likeness (QED) is 0.743. The number of carbonyl (C=O) groups excluding carboxylic acids is 2. The van der Waals surface area contributed by atoms with Gasteiger partial charge in [-0.2, -0.15) is 0 Å². The van der Waals surface area contributed by atoms with Crippen molar-refractivity contribution in [2.24, 2.45) is 11.3 Å². The van der Waals surface area contributed by atoms with E-state index in [9.17, 15) is 9.59 Å². The minimum absolute atomic E-state index is 0.0351. The standard InChI is InChI=1S/C14H26N2O4/c1-8(2)10(12(18)19-6)16-11(17)9-7-20-13(15-9)14(3,4)5/h8-10,13,15H,7H2,1-6H3,(H,16,17)/t9-,10-,13?/m0/s1. The van der Waals surface area contributed by atoms with Crippen LogP contribution >= 0.6 is 0 Å². The topological polar surface area (TPSA) is 76.7 Å². The number of rotatable bonds is 4. The van der Waals surface area contributed by atoms with E-state index in [4.69, 9.17) is 9.47 Å². The van der Waals surface area contributed by atoms with Gasteiger partial charge in [0.05, 0.1) is 13.7 Å². The SMILES string of the molecule is COC(=O)[C@@H](NC(=O)[C@@H]1COC(C(C)(C)C)N1)C(C)C.